The molecule has 0 radical (unpaired) electrons. The number of nitrogens with one attached hydrogen (secondary N) is 1. The van der Waals surface area contributed by atoms with Crippen molar-refractivity contribution in [2.24, 2.45) is 0 Å². The molecule has 1 amide bonds. The second kappa shape index (κ2) is 8.95. The molecule has 2 aromatic heterocycles. The minimum absolute atomic E-state index is 0.240. The molecule has 3 rings (SSSR count). The van der Waals surface area contributed by atoms with Crippen LogP contribution in [0.4, 0.5) is 0 Å². The van der Waals surface area contributed by atoms with Crippen LogP contribution in [0, 0.1) is 19.3 Å². The summed E-state index contributed by atoms with van der Waals surface area (Å²) in [5, 5.41) is 4.30. The zero-order chi connectivity index (χ0) is 21.9. The standard InChI is InChI=1S/C23H22ClN3O2S/c1-6-15-10-16-11-18(9-14(2)20(16)26-12-15)29-22(30-5)21(28)27-23(3,4)17-7-8-19(24)25-13-17/h1,7-13,22H,2-5H3,(H,27,28). The third kappa shape index (κ3) is 4.86. The lowest BCUT2D eigenvalue weighted by Gasteiger charge is -2.29. The highest BCUT2D eigenvalue weighted by Crippen LogP contribution is 2.27. The van der Waals surface area contributed by atoms with Crippen molar-refractivity contribution in [2.45, 2.75) is 31.7 Å². The highest BCUT2D eigenvalue weighted by Gasteiger charge is 2.28. The van der Waals surface area contributed by atoms with Crippen LogP contribution in [0.25, 0.3) is 10.9 Å². The number of aryl methyl sites for hydroxylation is 1. The van der Waals surface area contributed by atoms with Gasteiger partial charge in [-0.1, -0.05) is 23.6 Å². The number of nitrogens with zero attached hydrogens (tertiary/aromatic N) is 2. The minimum atomic E-state index is -0.731. The van der Waals surface area contributed by atoms with Crippen molar-refractivity contribution >= 4 is 40.2 Å². The fraction of sp³-hybridized carbons (Fsp3) is 0.261. The second-order valence-corrected chi connectivity index (χ2v) is 8.64. The molecule has 1 atom stereocenters. The van der Waals surface area contributed by atoms with Gasteiger partial charge in [0.2, 0.25) is 5.44 Å². The molecule has 1 aromatic carbocycles. The zero-order valence-electron chi connectivity index (χ0n) is 17.2. The first-order valence-corrected chi connectivity index (χ1v) is 10.9. The van der Waals surface area contributed by atoms with Gasteiger partial charge in [-0.25, -0.2) is 4.98 Å². The van der Waals surface area contributed by atoms with E-state index in [9.17, 15) is 4.79 Å². The fourth-order valence-corrected chi connectivity index (χ4v) is 3.65. The summed E-state index contributed by atoms with van der Waals surface area (Å²) in [5.74, 6) is 2.93. The maximum Gasteiger partial charge on any atom is 0.272 e. The lowest BCUT2D eigenvalue weighted by Crippen LogP contribution is -2.46. The first-order chi connectivity index (χ1) is 14.2. The van der Waals surface area contributed by atoms with Crippen LogP contribution in [-0.4, -0.2) is 27.6 Å². The highest BCUT2D eigenvalue weighted by atomic mass is 35.5. The van der Waals surface area contributed by atoms with E-state index in [0.717, 1.165) is 22.0 Å². The Morgan fingerprint density at radius 2 is 2.03 bits per heavy atom. The topological polar surface area (TPSA) is 64.1 Å². The Kier molecular flexibility index (Phi) is 6.55. The molecule has 1 unspecified atom stereocenters. The maximum atomic E-state index is 12.9. The van der Waals surface area contributed by atoms with Crippen molar-refractivity contribution in [2.75, 3.05) is 6.26 Å². The van der Waals surface area contributed by atoms with Gasteiger partial charge in [0.05, 0.1) is 11.1 Å². The average molecular weight is 440 g/mol. The van der Waals surface area contributed by atoms with Crippen LogP contribution in [0.15, 0.2) is 42.7 Å². The van der Waals surface area contributed by atoms with Crippen molar-refractivity contribution < 1.29 is 9.53 Å². The van der Waals surface area contributed by atoms with Gasteiger partial charge in [0.25, 0.3) is 5.91 Å². The van der Waals surface area contributed by atoms with Crippen LogP contribution < -0.4 is 10.1 Å². The zero-order valence-corrected chi connectivity index (χ0v) is 18.8. The molecule has 0 bridgehead atoms. The number of hydrogen-bond donors (Lipinski definition) is 1. The van der Waals surface area contributed by atoms with Gasteiger partial charge >= 0.3 is 0 Å². The Morgan fingerprint density at radius 3 is 2.67 bits per heavy atom. The number of terminal acetylenes is 1. The van der Waals surface area contributed by atoms with Gasteiger partial charge in [-0.15, -0.1) is 18.2 Å². The Labute approximate surface area is 185 Å². The molecule has 1 N–H and O–H groups in total. The molecule has 154 valence electrons. The van der Waals surface area contributed by atoms with Gasteiger partial charge in [0.1, 0.15) is 10.9 Å². The second-order valence-electron chi connectivity index (χ2n) is 7.35. The number of amides is 1. The molecule has 30 heavy (non-hydrogen) atoms. The van der Waals surface area contributed by atoms with Crippen molar-refractivity contribution in [3.63, 3.8) is 0 Å². The van der Waals surface area contributed by atoms with Crippen molar-refractivity contribution in [3.05, 3.63) is 64.6 Å². The van der Waals surface area contributed by atoms with Crippen LogP contribution >= 0.6 is 23.4 Å². The molecule has 5 nitrogen and oxygen atoms in total. The number of carbonyl (C=O) groups is 1. The van der Waals surface area contributed by atoms with Gasteiger partial charge in [-0.2, -0.15) is 0 Å². The first-order valence-electron chi connectivity index (χ1n) is 9.24. The highest BCUT2D eigenvalue weighted by molar-refractivity contribution is 7.99. The number of halogens is 1. The van der Waals surface area contributed by atoms with Gasteiger partial charge < -0.3 is 10.1 Å². The summed E-state index contributed by atoms with van der Waals surface area (Å²) in [5.41, 5.74) is 1.95. The van der Waals surface area contributed by atoms with E-state index in [0.29, 0.717) is 16.5 Å². The molecule has 0 saturated heterocycles. The molecule has 7 heteroatoms. The molecule has 0 fully saturated rings. The Balaban J connectivity index is 1.81. The molecule has 0 spiro atoms. The summed E-state index contributed by atoms with van der Waals surface area (Å²) < 4.78 is 6.02. The minimum Gasteiger partial charge on any atom is -0.470 e. The average Bonchev–Trinajstić information content (AvgIpc) is 2.71. The molecule has 2 heterocycles. The Hall–Kier alpha value is -2.75. The molecule has 0 saturated carbocycles. The van der Waals surface area contributed by atoms with Gasteiger partial charge in [-0.05, 0) is 62.4 Å². The van der Waals surface area contributed by atoms with Gasteiger partial charge in [-0.3, -0.25) is 9.78 Å². The predicted molar refractivity (Wildman–Crippen MR) is 123 cm³/mol. The monoisotopic (exact) mass is 439 g/mol. The summed E-state index contributed by atoms with van der Waals surface area (Å²) in [4.78, 5) is 21.5. The van der Waals surface area contributed by atoms with E-state index in [-0.39, 0.29) is 5.91 Å². The van der Waals surface area contributed by atoms with Crippen LogP contribution in [-0.2, 0) is 10.3 Å². The Bertz CT molecular complexity index is 1120. The number of pyridine rings is 2. The number of thioether (sulfide) groups is 1. The number of benzene rings is 1. The van der Waals surface area contributed by atoms with Gasteiger partial charge in [0, 0.05) is 23.3 Å². The molecule has 0 aliphatic carbocycles. The fourth-order valence-electron chi connectivity index (χ4n) is 3.06. The van der Waals surface area contributed by atoms with E-state index in [1.807, 2.05) is 51.3 Å². The van der Waals surface area contributed by atoms with E-state index in [2.05, 4.69) is 21.2 Å². The van der Waals surface area contributed by atoms with Crippen molar-refractivity contribution in [3.8, 4) is 18.1 Å². The van der Waals surface area contributed by atoms with E-state index >= 15 is 0 Å². The molecular weight excluding hydrogens is 418 g/mol. The van der Waals surface area contributed by atoms with Crippen molar-refractivity contribution in [1.82, 2.24) is 15.3 Å². The number of rotatable bonds is 6. The van der Waals surface area contributed by atoms with Crippen LogP contribution in [0.5, 0.6) is 5.75 Å². The quantitative estimate of drug-likeness (QED) is 0.343. The number of fused-ring (bicyclic) bond motifs is 1. The summed E-state index contributed by atoms with van der Waals surface area (Å²) >= 11 is 7.18. The third-order valence-electron chi connectivity index (χ3n) is 4.67. The van der Waals surface area contributed by atoms with Crippen LogP contribution in [0.1, 0.15) is 30.5 Å². The summed E-state index contributed by atoms with van der Waals surface area (Å²) in [6.45, 7) is 5.75. The third-order valence-corrected chi connectivity index (χ3v) is 5.63. The number of hydrogen-bond acceptors (Lipinski definition) is 5. The summed E-state index contributed by atoms with van der Waals surface area (Å²) in [6.07, 6.45) is 10.6. The number of ether oxygens (including phenoxy) is 1. The van der Waals surface area contributed by atoms with E-state index in [1.54, 1.807) is 18.5 Å². The smallest absolute Gasteiger partial charge is 0.272 e. The SMILES string of the molecule is C#Cc1cnc2c(C)cc(OC(SC)C(=O)NC(C)(C)c3ccc(Cl)nc3)cc2c1. The molecule has 0 aliphatic rings. The lowest BCUT2D eigenvalue weighted by atomic mass is 9.96. The maximum absolute atomic E-state index is 12.9. The van der Waals surface area contributed by atoms with E-state index < -0.39 is 11.0 Å². The van der Waals surface area contributed by atoms with Gasteiger partial charge in [0.15, 0.2) is 0 Å². The molecule has 3 aromatic rings. The number of carbonyl (C=O) groups excluding carboxylic acids is 1. The predicted octanol–water partition coefficient (Wildman–Crippen LogP) is 4.69. The first kappa shape index (κ1) is 21.9. The van der Waals surface area contributed by atoms with Crippen LogP contribution in [0.2, 0.25) is 5.15 Å². The van der Waals surface area contributed by atoms with Crippen molar-refractivity contribution in [1.29, 1.82) is 0 Å². The lowest BCUT2D eigenvalue weighted by molar-refractivity contribution is -0.126. The number of aromatic nitrogens is 2. The van der Waals surface area contributed by atoms with E-state index in [1.165, 1.54) is 11.8 Å². The summed E-state index contributed by atoms with van der Waals surface area (Å²) in [6, 6.07) is 9.14. The van der Waals surface area contributed by atoms with Crippen LogP contribution in [0.3, 0.4) is 0 Å². The Morgan fingerprint density at radius 1 is 1.27 bits per heavy atom. The molecule has 0 aliphatic heterocycles. The normalized spacial score (nSPS) is 12.3. The molecular formula is C23H22ClN3O2S. The summed E-state index contributed by atoms with van der Waals surface area (Å²) in [7, 11) is 0. The van der Waals surface area contributed by atoms with E-state index in [4.69, 9.17) is 22.8 Å². The largest absolute Gasteiger partial charge is 0.470 e.